The van der Waals surface area contributed by atoms with E-state index in [2.05, 4.69) is 26.8 Å². The molecule has 0 aliphatic carbocycles. The number of ether oxygens (including phenoxy) is 1. The van der Waals surface area contributed by atoms with E-state index in [1.807, 2.05) is 6.07 Å². The van der Waals surface area contributed by atoms with E-state index in [9.17, 15) is 4.79 Å². The number of rotatable bonds is 7. The molecule has 0 heterocycles. The zero-order valence-electron chi connectivity index (χ0n) is 12.7. The van der Waals surface area contributed by atoms with Crippen molar-refractivity contribution < 1.29 is 9.53 Å². The molecule has 0 aliphatic rings. The molecule has 0 aliphatic heterocycles. The van der Waals surface area contributed by atoms with Crippen LogP contribution in [0, 0.1) is 6.92 Å². The summed E-state index contributed by atoms with van der Waals surface area (Å²) in [5.41, 5.74) is 4.52. The summed E-state index contributed by atoms with van der Waals surface area (Å²) in [6, 6.07) is 3.98. The Balaban J connectivity index is 2.97. The lowest BCUT2D eigenvalue weighted by Crippen LogP contribution is -2.09. The van der Waals surface area contributed by atoms with Gasteiger partial charge in [0.1, 0.15) is 0 Å². The molecule has 0 aromatic heterocycles. The molecule has 0 radical (unpaired) electrons. The van der Waals surface area contributed by atoms with Gasteiger partial charge in [0.15, 0.2) is 0 Å². The maximum atomic E-state index is 11.9. The summed E-state index contributed by atoms with van der Waals surface area (Å²) >= 11 is 0. The average Bonchev–Trinajstić information content (AvgIpc) is 2.43. The van der Waals surface area contributed by atoms with Crippen LogP contribution in [0.5, 0.6) is 0 Å². The minimum atomic E-state index is -0.212. The summed E-state index contributed by atoms with van der Waals surface area (Å²) in [7, 11) is 1.45. The van der Waals surface area contributed by atoms with Gasteiger partial charge in [-0.2, -0.15) is 0 Å². The monoisotopic (exact) mass is 262 g/mol. The molecule has 1 rings (SSSR count). The first-order valence-electron chi connectivity index (χ1n) is 7.35. The van der Waals surface area contributed by atoms with Gasteiger partial charge in [-0.25, -0.2) is 4.79 Å². The molecule has 2 nitrogen and oxygen atoms in total. The lowest BCUT2D eigenvalue weighted by molar-refractivity contribution is 0.0599. The van der Waals surface area contributed by atoms with Gasteiger partial charge in [-0.3, -0.25) is 0 Å². The second kappa shape index (κ2) is 7.98. The third-order valence-electron chi connectivity index (χ3n) is 3.78. The van der Waals surface area contributed by atoms with Gasteiger partial charge in [0.25, 0.3) is 0 Å². The van der Waals surface area contributed by atoms with Crippen molar-refractivity contribution in [3.05, 3.63) is 34.4 Å². The minimum Gasteiger partial charge on any atom is -0.465 e. The van der Waals surface area contributed by atoms with E-state index < -0.39 is 0 Å². The first kappa shape index (κ1) is 15.7. The molecule has 0 amide bonds. The SMILES string of the molecule is CCCCCCc1c(C(=O)OC)ccc(CC)c1C. The number of unbranched alkanes of at least 4 members (excludes halogenated alkanes) is 3. The fourth-order valence-electron chi connectivity index (χ4n) is 2.54. The molecule has 0 bridgehead atoms. The van der Waals surface area contributed by atoms with Gasteiger partial charge in [-0.1, -0.05) is 39.2 Å². The number of carbonyl (C=O) groups excluding carboxylic acids is 1. The minimum absolute atomic E-state index is 0.212. The largest absolute Gasteiger partial charge is 0.465 e. The van der Waals surface area contributed by atoms with Gasteiger partial charge < -0.3 is 4.74 Å². The summed E-state index contributed by atoms with van der Waals surface area (Å²) in [5, 5.41) is 0. The number of hydrogen-bond acceptors (Lipinski definition) is 2. The van der Waals surface area contributed by atoms with Gasteiger partial charge in [-0.15, -0.1) is 0 Å². The van der Waals surface area contributed by atoms with Crippen LogP contribution >= 0.6 is 0 Å². The highest BCUT2D eigenvalue weighted by Crippen LogP contribution is 2.22. The van der Waals surface area contributed by atoms with E-state index in [0.29, 0.717) is 0 Å². The molecule has 1 aromatic rings. The first-order chi connectivity index (χ1) is 9.15. The fraction of sp³-hybridized carbons (Fsp3) is 0.588. The van der Waals surface area contributed by atoms with Gasteiger partial charge in [0.05, 0.1) is 12.7 Å². The second-order valence-electron chi connectivity index (χ2n) is 5.03. The van der Waals surface area contributed by atoms with E-state index >= 15 is 0 Å². The third kappa shape index (κ3) is 4.09. The van der Waals surface area contributed by atoms with Crippen molar-refractivity contribution in [2.45, 2.75) is 59.3 Å². The number of carbonyl (C=O) groups is 1. The number of benzene rings is 1. The Kier molecular flexibility index (Phi) is 6.61. The molecule has 0 saturated carbocycles. The Morgan fingerprint density at radius 3 is 2.47 bits per heavy atom. The van der Waals surface area contributed by atoms with Gasteiger partial charge in [0, 0.05) is 0 Å². The van der Waals surface area contributed by atoms with Crippen molar-refractivity contribution in [2.24, 2.45) is 0 Å². The molecule has 1 aromatic carbocycles. The molecule has 0 atom stereocenters. The molecular formula is C17H26O2. The Bertz CT molecular complexity index is 422. The maximum Gasteiger partial charge on any atom is 0.338 e. The number of methoxy groups -OCH3 is 1. The Labute approximate surface area is 117 Å². The van der Waals surface area contributed by atoms with E-state index in [-0.39, 0.29) is 5.97 Å². The van der Waals surface area contributed by atoms with Crippen molar-refractivity contribution in [1.82, 2.24) is 0 Å². The van der Waals surface area contributed by atoms with Crippen LogP contribution in [-0.2, 0) is 17.6 Å². The van der Waals surface area contributed by atoms with E-state index in [1.165, 1.54) is 43.1 Å². The third-order valence-corrected chi connectivity index (χ3v) is 3.78. The highest BCUT2D eigenvalue weighted by molar-refractivity contribution is 5.91. The summed E-state index contributed by atoms with van der Waals surface area (Å²) in [5.74, 6) is -0.212. The van der Waals surface area contributed by atoms with Crippen LogP contribution in [0.25, 0.3) is 0 Å². The summed E-state index contributed by atoms with van der Waals surface area (Å²) in [4.78, 5) is 11.9. The van der Waals surface area contributed by atoms with Crippen LogP contribution < -0.4 is 0 Å². The normalized spacial score (nSPS) is 10.5. The van der Waals surface area contributed by atoms with Gasteiger partial charge in [-0.05, 0) is 48.9 Å². The number of aryl methyl sites for hydroxylation is 1. The zero-order chi connectivity index (χ0) is 14.3. The molecule has 0 unspecified atom stereocenters. The van der Waals surface area contributed by atoms with Crippen molar-refractivity contribution in [3.8, 4) is 0 Å². The topological polar surface area (TPSA) is 26.3 Å². The number of hydrogen-bond donors (Lipinski definition) is 0. The molecule has 106 valence electrons. The standard InChI is InChI=1S/C17H26O2/c1-5-7-8-9-10-15-13(3)14(6-2)11-12-16(15)17(18)19-4/h11-12H,5-10H2,1-4H3. The predicted molar refractivity (Wildman–Crippen MR) is 79.7 cm³/mol. The van der Waals surface area contributed by atoms with E-state index in [0.717, 1.165) is 24.8 Å². The Morgan fingerprint density at radius 2 is 1.89 bits per heavy atom. The van der Waals surface area contributed by atoms with Gasteiger partial charge in [0.2, 0.25) is 0 Å². The summed E-state index contributed by atoms with van der Waals surface area (Å²) in [6.45, 7) is 6.49. The molecular weight excluding hydrogens is 236 g/mol. The first-order valence-corrected chi connectivity index (χ1v) is 7.35. The van der Waals surface area contributed by atoms with Crippen LogP contribution in [0.2, 0.25) is 0 Å². The predicted octanol–water partition coefficient (Wildman–Crippen LogP) is 4.47. The van der Waals surface area contributed by atoms with Crippen LogP contribution in [0.15, 0.2) is 12.1 Å². The highest BCUT2D eigenvalue weighted by Gasteiger charge is 2.15. The van der Waals surface area contributed by atoms with Gasteiger partial charge >= 0.3 is 5.97 Å². The van der Waals surface area contributed by atoms with E-state index in [1.54, 1.807) is 0 Å². The zero-order valence-corrected chi connectivity index (χ0v) is 12.7. The molecule has 2 heteroatoms. The lowest BCUT2D eigenvalue weighted by atomic mass is 9.92. The number of esters is 1. The Morgan fingerprint density at radius 1 is 1.16 bits per heavy atom. The van der Waals surface area contributed by atoms with Crippen molar-refractivity contribution >= 4 is 5.97 Å². The molecule has 0 fully saturated rings. The molecule has 0 saturated heterocycles. The highest BCUT2D eigenvalue weighted by atomic mass is 16.5. The van der Waals surface area contributed by atoms with E-state index in [4.69, 9.17) is 4.74 Å². The van der Waals surface area contributed by atoms with Crippen molar-refractivity contribution in [1.29, 1.82) is 0 Å². The van der Waals surface area contributed by atoms with Crippen LogP contribution in [-0.4, -0.2) is 13.1 Å². The second-order valence-corrected chi connectivity index (χ2v) is 5.03. The summed E-state index contributed by atoms with van der Waals surface area (Å²) in [6.07, 6.45) is 6.86. The van der Waals surface area contributed by atoms with Crippen LogP contribution in [0.3, 0.4) is 0 Å². The average molecular weight is 262 g/mol. The quantitative estimate of drug-likeness (QED) is 0.535. The molecule has 19 heavy (non-hydrogen) atoms. The fourth-order valence-corrected chi connectivity index (χ4v) is 2.54. The Hall–Kier alpha value is -1.31. The lowest BCUT2D eigenvalue weighted by Gasteiger charge is -2.14. The van der Waals surface area contributed by atoms with Crippen LogP contribution in [0.4, 0.5) is 0 Å². The van der Waals surface area contributed by atoms with Crippen LogP contribution in [0.1, 0.15) is 66.6 Å². The van der Waals surface area contributed by atoms with Crippen molar-refractivity contribution in [3.63, 3.8) is 0 Å². The van der Waals surface area contributed by atoms with Crippen molar-refractivity contribution in [2.75, 3.05) is 7.11 Å². The molecule has 0 spiro atoms. The maximum absolute atomic E-state index is 11.9. The smallest absolute Gasteiger partial charge is 0.338 e. The summed E-state index contributed by atoms with van der Waals surface area (Å²) < 4.78 is 4.89. The molecule has 0 N–H and O–H groups in total.